The quantitative estimate of drug-likeness (QED) is 0.412. The molecule has 0 N–H and O–H groups in total. The van der Waals surface area contributed by atoms with Gasteiger partial charge >= 0.3 is 5.63 Å². The van der Waals surface area contributed by atoms with Gasteiger partial charge in [0.05, 0.1) is 0 Å². The summed E-state index contributed by atoms with van der Waals surface area (Å²) in [5.74, 6) is 0.888. The topological polar surface area (TPSA) is 69.1 Å². The molecule has 4 rings (SSSR count). The fourth-order valence-corrected chi connectivity index (χ4v) is 3.03. The van der Waals surface area contributed by atoms with Crippen molar-refractivity contribution in [3.8, 4) is 11.5 Å². The van der Waals surface area contributed by atoms with Crippen LogP contribution < -0.4 is 5.63 Å². The molecule has 0 unspecified atom stereocenters. The Kier molecular flexibility index (Phi) is 3.88. The Morgan fingerprint density at radius 1 is 0.917 bits per heavy atom. The van der Waals surface area contributed by atoms with Gasteiger partial charge in [-0.15, -0.1) is 10.2 Å². The summed E-state index contributed by atoms with van der Waals surface area (Å²) in [6.45, 7) is 0. The van der Waals surface area contributed by atoms with E-state index in [1.807, 2.05) is 48.5 Å². The Balaban J connectivity index is 1.60. The molecule has 0 atom stereocenters. The van der Waals surface area contributed by atoms with Gasteiger partial charge in [0.2, 0.25) is 0 Å². The Hall–Kier alpha value is -2.86. The van der Waals surface area contributed by atoms with Crippen LogP contribution in [0.25, 0.3) is 22.4 Å². The minimum absolute atomic E-state index is 0.171. The van der Waals surface area contributed by atoms with Crippen LogP contribution in [0.2, 0.25) is 0 Å². The number of aromatic nitrogens is 2. The van der Waals surface area contributed by atoms with Gasteiger partial charge in [0.25, 0.3) is 11.1 Å². The Morgan fingerprint density at radius 2 is 1.71 bits per heavy atom. The summed E-state index contributed by atoms with van der Waals surface area (Å²) < 4.78 is 10.9. The summed E-state index contributed by atoms with van der Waals surface area (Å²) in [5, 5.41) is 9.19. The van der Waals surface area contributed by atoms with Crippen LogP contribution in [0.4, 0.5) is 0 Å². The summed E-state index contributed by atoms with van der Waals surface area (Å²) in [6.07, 6.45) is 0. The van der Waals surface area contributed by atoms with E-state index in [-0.39, 0.29) is 11.5 Å². The highest BCUT2D eigenvalue weighted by Crippen LogP contribution is 2.25. The van der Waals surface area contributed by atoms with E-state index >= 15 is 0 Å². The SMILES string of the molecule is O=c1oc2ccccc2cc1-c1nnc(SCc2ccccc2)o1. The minimum Gasteiger partial charge on any atom is -0.422 e. The lowest BCUT2D eigenvalue weighted by atomic mass is 10.2. The van der Waals surface area contributed by atoms with Crippen LogP contribution in [0.5, 0.6) is 0 Å². The fraction of sp³-hybridized carbons (Fsp3) is 0.0556. The van der Waals surface area contributed by atoms with Gasteiger partial charge in [-0.2, -0.15) is 0 Å². The molecule has 2 aromatic carbocycles. The molecule has 0 aliphatic carbocycles. The molecule has 2 aromatic heterocycles. The Labute approximate surface area is 141 Å². The van der Waals surface area contributed by atoms with E-state index in [0.717, 1.165) is 16.7 Å². The summed E-state index contributed by atoms with van der Waals surface area (Å²) >= 11 is 1.43. The molecule has 0 aliphatic heterocycles. The molecule has 0 radical (unpaired) electrons. The predicted octanol–water partition coefficient (Wildman–Crippen LogP) is 4.14. The molecule has 6 heteroatoms. The summed E-state index contributed by atoms with van der Waals surface area (Å²) in [5.41, 5.74) is 1.47. The third-order valence-corrected chi connectivity index (χ3v) is 4.37. The molecule has 0 fully saturated rings. The molecule has 5 nitrogen and oxygen atoms in total. The monoisotopic (exact) mass is 336 g/mol. The molecule has 0 saturated carbocycles. The minimum atomic E-state index is -0.489. The first-order chi connectivity index (χ1) is 11.8. The maximum absolute atomic E-state index is 12.1. The van der Waals surface area contributed by atoms with Gasteiger partial charge in [0.15, 0.2) is 0 Å². The van der Waals surface area contributed by atoms with E-state index in [2.05, 4.69) is 10.2 Å². The first kappa shape index (κ1) is 14.7. The molecule has 0 spiro atoms. The summed E-state index contributed by atoms with van der Waals surface area (Å²) in [7, 11) is 0. The molecular formula is C18H12N2O3S. The van der Waals surface area contributed by atoms with Crippen molar-refractivity contribution in [1.82, 2.24) is 10.2 Å². The first-order valence-corrected chi connectivity index (χ1v) is 8.32. The van der Waals surface area contributed by atoms with Crippen LogP contribution in [-0.4, -0.2) is 10.2 Å². The predicted molar refractivity (Wildman–Crippen MR) is 91.8 cm³/mol. The maximum atomic E-state index is 12.1. The van der Waals surface area contributed by atoms with Gasteiger partial charge in [-0.05, 0) is 17.7 Å². The van der Waals surface area contributed by atoms with Crippen LogP contribution in [0.3, 0.4) is 0 Å². The van der Waals surface area contributed by atoms with Gasteiger partial charge in [-0.25, -0.2) is 4.79 Å². The maximum Gasteiger partial charge on any atom is 0.349 e. The van der Waals surface area contributed by atoms with Gasteiger partial charge in [0.1, 0.15) is 11.1 Å². The number of fused-ring (bicyclic) bond motifs is 1. The summed E-state index contributed by atoms with van der Waals surface area (Å²) in [4.78, 5) is 12.1. The second kappa shape index (κ2) is 6.33. The number of hydrogen-bond acceptors (Lipinski definition) is 6. The number of hydrogen-bond donors (Lipinski definition) is 0. The van der Waals surface area contributed by atoms with E-state index in [1.165, 1.54) is 11.8 Å². The van der Waals surface area contributed by atoms with Gasteiger partial charge < -0.3 is 8.83 Å². The normalized spacial score (nSPS) is 11.0. The highest BCUT2D eigenvalue weighted by Gasteiger charge is 2.15. The standard InChI is InChI=1S/C18H12N2O3S/c21-17-14(10-13-8-4-5-9-15(13)22-17)16-19-20-18(23-16)24-11-12-6-2-1-3-7-12/h1-10H,11H2. The van der Waals surface area contributed by atoms with E-state index in [1.54, 1.807) is 12.1 Å². The smallest absolute Gasteiger partial charge is 0.349 e. The van der Waals surface area contributed by atoms with E-state index in [0.29, 0.717) is 10.8 Å². The van der Waals surface area contributed by atoms with E-state index < -0.39 is 5.63 Å². The lowest BCUT2D eigenvalue weighted by Crippen LogP contribution is -2.02. The molecule has 4 aromatic rings. The van der Waals surface area contributed by atoms with Crippen molar-refractivity contribution in [2.75, 3.05) is 0 Å². The molecule has 2 heterocycles. The van der Waals surface area contributed by atoms with Crippen LogP contribution in [0, 0.1) is 0 Å². The average Bonchev–Trinajstić information content (AvgIpc) is 3.09. The zero-order valence-corrected chi connectivity index (χ0v) is 13.3. The van der Waals surface area contributed by atoms with Crippen LogP contribution in [0.15, 0.2) is 79.5 Å². The summed E-state index contributed by atoms with van der Waals surface area (Å²) in [6, 6.07) is 19.0. The van der Waals surface area contributed by atoms with Crippen molar-refractivity contribution in [1.29, 1.82) is 0 Å². The zero-order chi connectivity index (χ0) is 16.4. The van der Waals surface area contributed by atoms with Crippen molar-refractivity contribution in [2.45, 2.75) is 11.0 Å². The molecule has 0 aliphatic rings. The molecule has 24 heavy (non-hydrogen) atoms. The molecular weight excluding hydrogens is 324 g/mol. The molecule has 118 valence electrons. The third-order valence-electron chi connectivity index (χ3n) is 3.48. The fourth-order valence-electron chi connectivity index (χ4n) is 2.31. The lowest BCUT2D eigenvalue weighted by Gasteiger charge is -1.98. The lowest BCUT2D eigenvalue weighted by molar-refractivity contribution is 0.462. The Bertz CT molecular complexity index is 1040. The zero-order valence-electron chi connectivity index (χ0n) is 12.5. The highest BCUT2D eigenvalue weighted by atomic mass is 32.2. The third kappa shape index (κ3) is 2.96. The van der Waals surface area contributed by atoms with E-state index in [4.69, 9.17) is 8.83 Å². The molecule has 0 bridgehead atoms. The van der Waals surface area contributed by atoms with Crippen molar-refractivity contribution in [2.24, 2.45) is 0 Å². The highest BCUT2D eigenvalue weighted by molar-refractivity contribution is 7.98. The molecule has 0 amide bonds. The van der Waals surface area contributed by atoms with Crippen molar-refractivity contribution < 1.29 is 8.83 Å². The van der Waals surface area contributed by atoms with Gasteiger partial charge in [-0.3, -0.25) is 0 Å². The van der Waals surface area contributed by atoms with E-state index in [9.17, 15) is 4.79 Å². The van der Waals surface area contributed by atoms with Crippen molar-refractivity contribution in [3.63, 3.8) is 0 Å². The van der Waals surface area contributed by atoms with Gasteiger partial charge in [-0.1, -0.05) is 60.3 Å². The Morgan fingerprint density at radius 3 is 2.58 bits per heavy atom. The number of benzene rings is 2. The first-order valence-electron chi connectivity index (χ1n) is 7.33. The number of para-hydroxylation sites is 1. The number of thioether (sulfide) groups is 1. The van der Waals surface area contributed by atoms with Crippen molar-refractivity contribution >= 4 is 22.7 Å². The van der Waals surface area contributed by atoms with Crippen LogP contribution >= 0.6 is 11.8 Å². The van der Waals surface area contributed by atoms with Crippen LogP contribution in [-0.2, 0) is 5.75 Å². The molecule has 0 saturated heterocycles. The largest absolute Gasteiger partial charge is 0.422 e. The second-order valence-corrected chi connectivity index (χ2v) is 6.06. The van der Waals surface area contributed by atoms with Crippen LogP contribution in [0.1, 0.15) is 5.56 Å². The average molecular weight is 336 g/mol. The van der Waals surface area contributed by atoms with Crippen molar-refractivity contribution in [3.05, 3.63) is 76.6 Å². The number of nitrogens with zero attached hydrogens (tertiary/aromatic N) is 2. The second-order valence-electron chi connectivity index (χ2n) is 5.13. The van der Waals surface area contributed by atoms with Gasteiger partial charge in [0, 0.05) is 11.1 Å². The number of rotatable bonds is 4.